The van der Waals surface area contributed by atoms with E-state index in [0.717, 1.165) is 0 Å². The molecular formula is C5H10N2O3. The second-order valence-corrected chi connectivity index (χ2v) is 2.00. The molecule has 0 fully saturated rings. The highest BCUT2D eigenvalue weighted by atomic mass is 16.5. The molecule has 2 N–H and O–H groups in total. The monoisotopic (exact) mass is 146 g/mol. The Morgan fingerprint density at radius 2 is 2.00 bits per heavy atom. The van der Waals surface area contributed by atoms with E-state index in [4.69, 9.17) is 5.21 Å². The maximum atomic E-state index is 10.7. The first-order chi connectivity index (χ1) is 4.57. The molecule has 0 spiro atoms. The lowest BCUT2D eigenvalue weighted by Crippen LogP contribution is -2.29. The number of rotatable bonds is 2. The number of carbonyl (C=O) groups is 2. The Morgan fingerprint density at radius 1 is 1.50 bits per heavy atom. The van der Waals surface area contributed by atoms with Crippen LogP contribution in [0.5, 0.6) is 0 Å². The Kier molecular flexibility index (Phi) is 3.42. The van der Waals surface area contributed by atoms with Crippen molar-refractivity contribution in [1.82, 2.24) is 10.4 Å². The van der Waals surface area contributed by atoms with Gasteiger partial charge in [-0.05, 0) is 0 Å². The van der Waals surface area contributed by atoms with Gasteiger partial charge < -0.3 is 4.90 Å². The summed E-state index contributed by atoms with van der Waals surface area (Å²) in [5, 5.41) is 8.00. The molecule has 0 aromatic heterocycles. The molecule has 5 heteroatoms. The van der Waals surface area contributed by atoms with Crippen molar-refractivity contribution in [1.29, 1.82) is 0 Å². The molecule has 10 heavy (non-hydrogen) atoms. The maximum absolute atomic E-state index is 10.7. The van der Waals surface area contributed by atoms with Gasteiger partial charge in [0.2, 0.25) is 5.91 Å². The number of carbonyl (C=O) groups excluding carboxylic acids is 2. The van der Waals surface area contributed by atoms with Crippen molar-refractivity contribution in [2.45, 2.75) is 6.42 Å². The highest BCUT2D eigenvalue weighted by molar-refractivity contribution is 5.96. The van der Waals surface area contributed by atoms with Crippen molar-refractivity contribution in [3.8, 4) is 0 Å². The van der Waals surface area contributed by atoms with Crippen LogP contribution in [0.2, 0.25) is 0 Å². The first-order valence-corrected chi connectivity index (χ1v) is 2.71. The van der Waals surface area contributed by atoms with E-state index >= 15 is 0 Å². The number of amides is 2. The smallest absolute Gasteiger partial charge is 0.252 e. The molecule has 58 valence electrons. The molecule has 0 heterocycles. The number of hydrogen-bond donors (Lipinski definition) is 2. The zero-order valence-electron chi connectivity index (χ0n) is 5.92. The third kappa shape index (κ3) is 3.03. The van der Waals surface area contributed by atoms with Gasteiger partial charge in [0.1, 0.15) is 6.42 Å². The van der Waals surface area contributed by atoms with Gasteiger partial charge in [0.25, 0.3) is 5.91 Å². The summed E-state index contributed by atoms with van der Waals surface area (Å²) in [5.41, 5.74) is 1.36. The first kappa shape index (κ1) is 8.90. The molecule has 0 atom stereocenters. The molecule has 0 rings (SSSR count). The molecule has 0 bridgehead atoms. The van der Waals surface area contributed by atoms with E-state index in [-0.39, 0.29) is 12.3 Å². The van der Waals surface area contributed by atoms with E-state index in [1.807, 2.05) is 0 Å². The van der Waals surface area contributed by atoms with Crippen molar-refractivity contribution in [2.75, 3.05) is 14.1 Å². The predicted octanol–water partition coefficient (Wildman–Crippen LogP) is -1.03. The van der Waals surface area contributed by atoms with Crippen LogP contribution >= 0.6 is 0 Å². The van der Waals surface area contributed by atoms with Crippen molar-refractivity contribution in [3.63, 3.8) is 0 Å². The lowest BCUT2D eigenvalue weighted by atomic mass is 10.4. The molecular weight excluding hydrogens is 136 g/mol. The zero-order valence-corrected chi connectivity index (χ0v) is 5.92. The highest BCUT2D eigenvalue weighted by Gasteiger charge is 2.08. The summed E-state index contributed by atoms with van der Waals surface area (Å²) in [6, 6.07) is 0. The van der Waals surface area contributed by atoms with Crippen LogP contribution in [-0.2, 0) is 9.59 Å². The highest BCUT2D eigenvalue weighted by Crippen LogP contribution is 1.85. The Labute approximate surface area is 58.6 Å². The molecule has 0 aliphatic carbocycles. The topological polar surface area (TPSA) is 69.6 Å². The molecule has 0 unspecified atom stereocenters. The van der Waals surface area contributed by atoms with Gasteiger partial charge in [-0.15, -0.1) is 0 Å². The molecule has 2 amide bonds. The van der Waals surface area contributed by atoms with Crippen LogP contribution in [-0.4, -0.2) is 36.0 Å². The molecule has 0 aromatic rings. The normalized spacial score (nSPS) is 8.70. The zero-order chi connectivity index (χ0) is 8.15. The Hall–Kier alpha value is -1.10. The minimum atomic E-state index is -0.696. The Balaban J connectivity index is 3.69. The van der Waals surface area contributed by atoms with Gasteiger partial charge in [0.05, 0.1) is 0 Å². The summed E-state index contributed by atoms with van der Waals surface area (Å²) in [7, 11) is 3.07. The molecule has 0 aliphatic heterocycles. The average Bonchev–Trinajstić information content (AvgIpc) is 1.87. The molecule has 0 saturated carbocycles. The van der Waals surface area contributed by atoms with E-state index in [1.54, 1.807) is 0 Å². The van der Waals surface area contributed by atoms with Gasteiger partial charge in [-0.25, -0.2) is 5.48 Å². The second kappa shape index (κ2) is 3.84. The standard InChI is InChI=1S/C5H10N2O3/c1-7(2)5(9)3-4(8)6-10/h10H,3H2,1-2H3,(H,6,8). The average molecular weight is 146 g/mol. The fraction of sp³-hybridized carbons (Fsp3) is 0.600. The van der Waals surface area contributed by atoms with Crippen LogP contribution in [0, 0.1) is 0 Å². The first-order valence-electron chi connectivity index (χ1n) is 2.71. The number of nitrogens with zero attached hydrogens (tertiary/aromatic N) is 1. The fourth-order valence-electron chi connectivity index (χ4n) is 0.335. The summed E-state index contributed by atoms with van der Waals surface area (Å²) >= 11 is 0. The summed E-state index contributed by atoms with van der Waals surface area (Å²) in [6.45, 7) is 0. The maximum Gasteiger partial charge on any atom is 0.252 e. The summed E-state index contributed by atoms with van der Waals surface area (Å²) in [4.78, 5) is 22.3. The van der Waals surface area contributed by atoms with Crippen molar-refractivity contribution in [3.05, 3.63) is 0 Å². The van der Waals surface area contributed by atoms with Crippen molar-refractivity contribution in [2.24, 2.45) is 0 Å². The summed E-state index contributed by atoms with van der Waals surface area (Å²) in [6.07, 6.45) is -0.316. The minimum absolute atomic E-state index is 0.316. The van der Waals surface area contributed by atoms with Crippen LogP contribution < -0.4 is 5.48 Å². The van der Waals surface area contributed by atoms with Crippen LogP contribution in [0.3, 0.4) is 0 Å². The molecule has 5 nitrogen and oxygen atoms in total. The third-order valence-corrected chi connectivity index (χ3v) is 0.935. The second-order valence-electron chi connectivity index (χ2n) is 2.00. The SMILES string of the molecule is CN(C)C(=O)CC(=O)NO. The largest absolute Gasteiger partial charge is 0.348 e. The van der Waals surface area contributed by atoms with Gasteiger partial charge in [0.15, 0.2) is 0 Å². The lowest BCUT2D eigenvalue weighted by molar-refractivity contribution is -0.138. The van der Waals surface area contributed by atoms with Gasteiger partial charge in [-0.1, -0.05) is 0 Å². The van der Waals surface area contributed by atoms with Gasteiger partial charge in [-0.3, -0.25) is 14.8 Å². The van der Waals surface area contributed by atoms with Crippen LogP contribution in [0.4, 0.5) is 0 Å². The summed E-state index contributed by atoms with van der Waals surface area (Å²) < 4.78 is 0. The quantitative estimate of drug-likeness (QED) is 0.297. The van der Waals surface area contributed by atoms with Gasteiger partial charge >= 0.3 is 0 Å². The van der Waals surface area contributed by atoms with Crippen LogP contribution in [0.15, 0.2) is 0 Å². The van der Waals surface area contributed by atoms with Crippen molar-refractivity contribution < 1.29 is 14.8 Å². The van der Waals surface area contributed by atoms with Crippen molar-refractivity contribution >= 4 is 11.8 Å². The minimum Gasteiger partial charge on any atom is -0.348 e. The summed E-state index contributed by atoms with van der Waals surface area (Å²) in [5.74, 6) is -1.04. The third-order valence-electron chi connectivity index (χ3n) is 0.935. The molecule has 0 aliphatic rings. The lowest BCUT2D eigenvalue weighted by Gasteiger charge is -2.07. The number of nitrogens with one attached hydrogen (secondary N) is 1. The molecule has 0 radical (unpaired) electrons. The number of hydroxylamine groups is 1. The molecule has 0 aromatic carbocycles. The van der Waals surface area contributed by atoms with Crippen LogP contribution in [0.25, 0.3) is 0 Å². The van der Waals surface area contributed by atoms with E-state index in [0.29, 0.717) is 0 Å². The fourth-order valence-corrected chi connectivity index (χ4v) is 0.335. The van der Waals surface area contributed by atoms with Crippen LogP contribution in [0.1, 0.15) is 6.42 Å². The van der Waals surface area contributed by atoms with E-state index < -0.39 is 5.91 Å². The number of hydrogen-bond acceptors (Lipinski definition) is 3. The molecule has 0 saturated heterocycles. The van der Waals surface area contributed by atoms with Gasteiger partial charge in [0, 0.05) is 14.1 Å². The van der Waals surface area contributed by atoms with E-state index in [2.05, 4.69) is 0 Å². The van der Waals surface area contributed by atoms with Gasteiger partial charge in [-0.2, -0.15) is 0 Å². The Bertz CT molecular complexity index is 144. The predicted molar refractivity (Wildman–Crippen MR) is 33.2 cm³/mol. The Morgan fingerprint density at radius 3 is 2.30 bits per heavy atom. The van der Waals surface area contributed by atoms with E-state index in [1.165, 1.54) is 24.5 Å². The van der Waals surface area contributed by atoms with E-state index in [9.17, 15) is 9.59 Å².